The van der Waals surface area contributed by atoms with Crippen molar-refractivity contribution in [3.8, 4) is 0 Å². The molecule has 0 aliphatic heterocycles. The molecule has 1 N–H and O–H groups in total. The van der Waals surface area contributed by atoms with Gasteiger partial charge >= 0.3 is 0 Å². The van der Waals surface area contributed by atoms with Crippen LogP contribution in [0.15, 0.2) is 0 Å². The highest BCUT2D eigenvalue weighted by Gasteiger charge is 2.55. The molecule has 21 heavy (non-hydrogen) atoms. The van der Waals surface area contributed by atoms with Crippen molar-refractivity contribution in [2.45, 2.75) is 70.8 Å². The summed E-state index contributed by atoms with van der Waals surface area (Å²) in [5.41, 5.74) is 1.36. The Kier molecular flexibility index (Phi) is 3.10. The summed E-state index contributed by atoms with van der Waals surface area (Å²) in [5.74, 6) is 1.72. The van der Waals surface area contributed by atoms with Crippen LogP contribution in [-0.4, -0.2) is 26.7 Å². The molecular formula is C16H25FN4. The maximum Gasteiger partial charge on any atom is 0.112 e. The Labute approximate surface area is 125 Å². The zero-order valence-electron chi connectivity index (χ0n) is 13.0. The normalized spacial score (nSPS) is 40.9. The van der Waals surface area contributed by atoms with E-state index in [0.29, 0.717) is 23.8 Å². The Morgan fingerprint density at radius 2 is 2.00 bits per heavy atom. The monoisotopic (exact) mass is 292 g/mol. The Morgan fingerprint density at radius 3 is 2.62 bits per heavy atom. The van der Waals surface area contributed by atoms with Gasteiger partial charge in [0.05, 0.1) is 11.4 Å². The number of alkyl halides is 1. The van der Waals surface area contributed by atoms with Crippen LogP contribution in [0.1, 0.15) is 50.4 Å². The van der Waals surface area contributed by atoms with Gasteiger partial charge in [-0.15, -0.1) is 5.10 Å². The van der Waals surface area contributed by atoms with E-state index in [9.17, 15) is 4.39 Å². The lowest BCUT2D eigenvalue weighted by atomic mass is 9.53. The molecule has 1 aromatic rings. The van der Waals surface area contributed by atoms with Gasteiger partial charge in [-0.05, 0) is 63.7 Å². The van der Waals surface area contributed by atoms with Crippen LogP contribution in [0.4, 0.5) is 4.39 Å². The third-order valence-electron chi connectivity index (χ3n) is 6.04. The van der Waals surface area contributed by atoms with E-state index in [4.69, 9.17) is 0 Å². The maximum atomic E-state index is 14.7. The van der Waals surface area contributed by atoms with Gasteiger partial charge in [-0.3, -0.25) is 0 Å². The molecule has 4 saturated carbocycles. The van der Waals surface area contributed by atoms with Crippen molar-refractivity contribution in [2.75, 3.05) is 0 Å². The molecular weight excluding hydrogens is 267 g/mol. The Balaban J connectivity index is 1.47. The lowest BCUT2D eigenvalue weighted by molar-refractivity contribution is -0.0932. The second kappa shape index (κ2) is 4.77. The summed E-state index contributed by atoms with van der Waals surface area (Å²) in [4.78, 5) is 0. The van der Waals surface area contributed by atoms with Crippen molar-refractivity contribution >= 4 is 0 Å². The average Bonchev–Trinajstić information content (AvgIpc) is 2.77. The highest BCUT2D eigenvalue weighted by atomic mass is 19.1. The first-order chi connectivity index (χ1) is 10.1. The second-order valence-electron chi connectivity index (χ2n) is 7.46. The van der Waals surface area contributed by atoms with E-state index < -0.39 is 5.67 Å². The summed E-state index contributed by atoms with van der Waals surface area (Å²) in [6, 6.07) is 0.491. The minimum Gasteiger partial charge on any atom is -0.308 e. The number of nitrogens with zero attached hydrogens (tertiary/aromatic N) is 3. The van der Waals surface area contributed by atoms with Crippen molar-refractivity contribution in [3.63, 3.8) is 0 Å². The third kappa shape index (κ3) is 2.20. The van der Waals surface area contributed by atoms with Crippen LogP contribution in [-0.2, 0) is 13.1 Å². The predicted molar refractivity (Wildman–Crippen MR) is 78.5 cm³/mol. The van der Waals surface area contributed by atoms with Gasteiger partial charge in [0.2, 0.25) is 0 Å². The molecule has 5 rings (SSSR count). The molecule has 4 nitrogen and oxygen atoms in total. The van der Waals surface area contributed by atoms with E-state index in [1.165, 1.54) is 18.5 Å². The second-order valence-corrected chi connectivity index (χ2v) is 7.46. The predicted octanol–water partition coefficient (Wildman–Crippen LogP) is 2.61. The van der Waals surface area contributed by atoms with E-state index in [0.717, 1.165) is 38.0 Å². The molecule has 2 atom stereocenters. The number of hydrogen-bond donors (Lipinski definition) is 1. The summed E-state index contributed by atoms with van der Waals surface area (Å²) in [6.45, 7) is 5.77. The van der Waals surface area contributed by atoms with Crippen molar-refractivity contribution in [1.29, 1.82) is 0 Å². The van der Waals surface area contributed by atoms with Crippen molar-refractivity contribution < 1.29 is 4.39 Å². The Bertz CT molecular complexity index is 524. The van der Waals surface area contributed by atoms with Gasteiger partial charge < -0.3 is 5.32 Å². The smallest absolute Gasteiger partial charge is 0.112 e. The van der Waals surface area contributed by atoms with Gasteiger partial charge in [-0.25, -0.2) is 9.07 Å². The summed E-state index contributed by atoms with van der Waals surface area (Å²) >= 11 is 0. The van der Waals surface area contributed by atoms with Gasteiger partial charge in [-0.2, -0.15) is 0 Å². The molecule has 4 aliphatic carbocycles. The molecule has 4 bridgehead atoms. The lowest BCUT2D eigenvalue weighted by Crippen LogP contribution is -2.59. The van der Waals surface area contributed by atoms with Crippen LogP contribution in [0, 0.1) is 24.7 Å². The molecule has 116 valence electrons. The largest absolute Gasteiger partial charge is 0.308 e. The van der Waals surface area contributed by atoms with Crippen LogP contribution in [0.2, 0.25) is 0 Å². The number of halogens is 1. The molecule has 1 heterocycles. The van der Waals surface area contributed by atoms with Crippen LogP contribution in [0.25, 0.3) is 0 Å². The highest BCUT2D eigenvalue weighted by molar-refractivity contribution is 5.11. The first-order valence-electron chi connectivity index (χ1n) is 8.39. The lowest BCUT2D eigenvalue weighted by Gasteiger charge is -2.57. The SMILES string of the molecule is CCn1nnc(C)c1CNC1C2CC3CC1CC(F)(C3)C2. The van der Waals surface area contributed by atoms with Crippen LogP contribution in [0.5, 0.6) is 0 Å². The molecule has 0 amide bonds. The molecule has 0 aromatic carbocycles. The molecule has 0 radical (unpaired) electrons. The molecule has 0 saturated heterocycles. The minimum atomic E-state index is -0.836. The maximum absolute atomic E-state index is 14.7. The molecule has 0 spiro atoms. The quantitative estimate of drug-likeness (QED) is 0.927. The van der Waals surface area contributed by atoms with Crippen molar-refractivity contribution in [1.82, 2.24) is 20.3 Å². The fourth-order valence-electron chi connectivity index (χ4n) is 5.37. The standard InChI is InChI=1S/C16H25FN4/c1-3-21-14(10(2)19-20-21)9-18-15-12-4-11-5-13(15)8-16(17,6-11)7-12/h11-13,15,18H,3-9H2,1-2H3. The van der Waals surface area contributed by atoms with Gasteiger partial charge in [0.25, 0.3) is 0 Å². The van der Waals surface area contributed by atoms with Gasteiger partial charge in [-0.1, -0.05) is 5.21 Å². The number of rotatable bonds is 4. The molecule has 1 aromatic heterocycles. The van der Waals surface area contributed by atoms with E-state index in [2.05, 4.69) is 22.6 Å². The number of hydrogen-bond acceptors (Lipinski definition) is 3. The zero-order valence-corrected chi connectivity index (χ0v) is 13.0. The number of aryl methyl sites for hydroxylation is 2. The average molecular weight is 292 g/mol. The first-order valence-corrected chi connectivity index (χ1v) is 8.39. The molecule has 4 aliphatic rings. The van der Waals surface area contributed by atoms with E-state index in [1.54, 1.807) is 0 Å². The molecule has 5 heteroatoms. The fraction of sp³-hybridized carbons (Fsp3) is 0.875. The topological polar surface area (TPSA) is 42.7 Å². The van der Waals surface area contributed by atoms with Crippen LogP contribution in [0.3, 0.4) is 0 Å². The van der Waals surface area contributed by atoms with E-state index in [-0.39, 0.29) is 0 Å². The fourth-order valence-corrected chi connectivity index (χ4v) is 5.37. The Morgan fingerprint density at radius 1 is 1.29 bits per heavy atom. The van der Waals surface area contributed by atoms with E-state index >= 15 is 0 Å². The van der Waals surface area contributed by atoms with Gasteiger partial charge in [0.15, 0.2) is 0 Å². The summed E-state index contributed by atoms with van der Waals surface area (Å²) in [6.07, 6.45) is 4.84. The first kappa shape index (κ1) is 13.7. The van der Waals surface area contributed by atoms with E-state index in [1.807, 2.05) is 11.6 Å². The van der Waals surface area contributed by atoms with Crippen LogP contribution < -0.4 is 5.32 Å². The van der Waals surface area contributed by atoms with Gasteiger partial charge in [0, 0.05) is 19.1 Å². The highest BCUT2D eigenvalue weighted by Crippen LogP contribution is 2.57. The third-order valence-corrected chi connectivity index (χ3v) is 6.04. The van der Waals surface area contributed by atoms with Crippen molar-refractivity contribution in [3.05, 3.63) is 11.4 Å². The molecule has 4 fully saturated rings. The summed E-state index contributed by atoms with van der Waals surface area (Å²) < 4.78 is 16.7. The minimum absolute atomic E-state index is 0.491. The zero-order chi connectivity index (χ0) is 14.6. The van der Waals surface area contributed by atoms with Crippen LogP contribution >= 0.6 is 0 Å². The Hall–Kier alpha value is -0.970. The van der Waals surface area contributed by atoms with Crippen molar-refractivity contribution in [2.24, 2.45) is 17.8 Å². The van der Waals surface area contributed by atoms with Gasteiger partial charge in [0.1, 0.15) is 5.67 Å². The molecule has 2 unspecified atom stereocenters. The summed E-state index contributed by atoms with van der Waals surface area (Å²) in [7, 11) is 0. The number of aromatic nitrogens is 3. The summed E-state index contributed by atoms with van der Waals surface area (Å²) in [5, 5.41) is 12.1. The number of nitrogens with one attached hydrogen (secondary N) is 1.